The summed E-state index contributed by atoms with van der Waals surface area (Å²) in [5, 5.41) is 9.99. The Kier molecular flexibility index (Phi) is 2.79. The Balaban J connectivity index is 2.36. The second kappa shape index (κ2) is 4.08. The van der Waals surface area contributed by atoms with Gasteiger partial charge in [-0.05, 0) is 34.1 Å². The lowest BCUT2D eigenvalue weighted by atomic mass is 10.1. The fourth-order valence-electron chi connectivity index (χ4n) is 1.39. The zero-order valence-electron chi connectivity index (χ0n) is 7.85. The monoisotopic (exact) mass is 267 g/mol. The third-order valence-electron chi connectivity index (χ3n) is 2.15. The van der Waals surface area contributed by atoms with Gasteiger partial charge < -0.3 is 15.3 Å². The van der Waals surface area contributed by atoms with Crippen molar-refractivity contribution in [1.29, 1.82) is 0 Å². The topological polar surface area (TPSA) is 59.4 Å². The van der Waals surface area contributed by atoms with Crippen molar-refractivity contribution >= 4 is 21.6 Å². The van der Waals surface area contributed by atoms with Gasteiger partial charge in [-0.25, -0.2) is 0 Å². The minimum atomic E-state index is -0.822. The van der Waals surface area contributed by atoms with Crippen molar-refractivity contribution in [2.24, 2.45) is 0 Å². The van der Waals surface area contributed by atoms with Crippen LogP contribution in [0.5, 0.6) is 0 Å². The van der Waals surface area contributed by atoms with Gasteiger partial charge in [0.05, 0.1) is 0 Å². The first-order chi connectivity index (χ1) is 7.18. The van der Waals surface area contributed by atoms with Crippen LogP contribution in [0.4, 0.5) is 5.69 Å². The number of anilines is 1. The first-order valence-electron chi connectivity index (χ1n) is 4.46. The number of aliphatic hydroxyl groups excluding tert-OH is 1. The largest absolute Gasteiger partial charge is 0.451 e. The molecule has 1 atom stereocenters. The van der Waals surface area contributed by atoms with Gasteiger partial charge >= 0.3 is 0 Å². The number of nitrogen functional groups attached to an aromatic ring is 1. The number of halogens is 1. The van der Waals surface area contributed by atoms with Crippen LogP contribution >= 0.6 is 15.9 Å². The molecule has 0 bridgehead atoms. The maximum absolute atomic E-state index is 9.99. The average molecular weight is 268 g/mol. The molecular formula is C11H10BrNO2. The molecule has 3 nitrogen and oxygen atoms in total. The number of hydrogen-bond donors (Lipinski definition) is 2. The number of hydrogen-bond acceptors (Lipinski definition) is 3. The van der Waals surface area contributed by atoms with E-state index < -0.39 is 6.10 Å². The van der Waals surface area contributed by atoms with Gasteiger partial charge in [0.15, 0.2) is 4.67 Å². The summed E-state index contributed by atoms with van der Waals surface area (Å²) in [6.07, 6.45) is -0.822. The van der Waals surface area contributed by atoms with Gasteiger partial charge in [-0.15, -0.1) is 0 Å². The van der Waals surface area contributed by atoms with Crippen molar-refractivity contribution in [3.63, 3.8) is 0 Å². The van der Waals surface area contributed by atoms with E-state index >= 15 is 0 Å². The quantitative estimate of drug-likeness (QED) is 0.823. The highest BCUT2D eigenvalue weighted by Crippen LogP contribution is 2.28. The molecule has 0 spiro atoms. The fraction of sp³-hybridized carbons (Fsp3) is 0.0909. The summed E-state index contributed by atoms with van der Waals surface area (Å²) < 4.78 is 5.85. The number of nitrogens with two attached hydrogens (primary N) is 1. The first kappa shape index (κ1) is 10.3. The molecule has 1 unspecified atom stereocenters. The van der Waals surface area contributed by atoms with Crippen LogP contribution in [0.25, 0.3) is 0 Å². The van der Waals surface area contributed by atoms with Crippen molar-refractivity contribution in [1.82, 2.24) is 0 Å². The average Bonchev–Trinajstić information content (AvgIpc) is 2.65. The van der Waals surface area contributed by atoms with Crippen molar-refractivity contribution < 1.29 is 9.52 Å². The molecule has 0 radical (unpaired) electrons. The number of para-hydroxylation sites is 1. The highest BCUT2D eigenvalue weighted by Gasteiger charge is 2.16. The van der Waals surface area contributed by atoms with E-state index in [1.165, 1.54) is 0 Å². The molecule has 1 heterocycles. The Bertz CT molecular complexity index is 467. The van der Waals surface area contributed by atoms with Gasteiger partial charge in [-0.3, -0.25) is 0 Å². The normalized spacial score (nSPS) is 12.7. The highest BCUT2D eigenvalue weighted by atomic mass is 79.9. The molecule has 0 saturated heterocycles. The molecule has 0 saturated carbocycles. The SMILES string of the molecule is Nc1ccccc1C(O)c1ccc(Br)o1. The molecule has 0 aliphatic carbocycles. The van der Waals surface area contributed by atoms with Crippen molar-refractivity contribution in [2.75, 3.05) is 5.73 Å². The number of furan rings is 1. The summed E-state index contributed by atoms with van der Waals surface area (Å²) in [5.74, 6) is 0.472. The van der Waals surface area contributed by atoms with Crippen LogP contribution in [0.1, 0.15) is 17.4 Å². The molecule has 1 aromatic heterocycles. The maximum atomic E-state index is 9.99. The van der Waals surface area contributed by atoms with E-state index in [1.54, 1.807) is 24.3 Å². The van der Waals surface area contributed by atoms with Crippen molar-refractivity contribution in [3.05, 3.63) is 52.4 Å². The molecule has 3 N–H and O–H groups in total. The Morgan fingerprint density at radius 2 is 1.93 bits per heavy atom. The molecule has 15 heavy (non-hydrogen) atoms. The fourth-order valence-corrected chi connectivity index (χ4v) is 1.71. The van der Waals surface area contributed by atoms with Crippen LogP contribution in [0, 0.1) is 0 Å². The predicted molar refractivity (Wildman–Crippen MR) is 61.3 cm³/mol. The number of benzene rings is 1. The minimum Gasteiger partial charge on any atom is -0.451 e. The van der Waals surface area contributed by atoms with Crippen LogP contribution in [-0.4, -0.2) is 5.11 Å². The third kappa shape index (κ3) is 2.06. The van der Waals surface area contributed by atoms with Gasteiger partial charge in [0.1, 0.15) is 11.9 Å². The third-order valence-corrected chi connectivity index (χ3v) is 2.58. The minimum absolute atomic E-state index is 0.472. The second-order valence-corrected chi connectivity index (χ2v) is 3.95. The molecular weight excluding hydrogens is 258 g/mol. The molecule has 2 aromatic rings. The summed E-state index contributed by atoms with van der Waals surface area (Å²) >= 11 is 3.18. The Labute approximate surface area is 95.6 Å². The van der Waals surface area contributed by atoms with E-state index in [1.807, 2.05) is 12.1 Å². The Morgan fingerprint density at radius 1 is 1.20 bits per heavy atom. The molecule has 0 amide bonds. The Morgan fingerprint density at radius 3 is 2.53 bits per heavy atom. The van der Waals surface area contributed by atoms with E-state index in [4.69, 9.17) is 10.2 Å². The van der Waals surface area contributed by atoms with Crippen LogP contribution in [0.2, 0.25) is 0 Å². The highest BCUT2D eigenvalue weighted by molar-refractivity contribution is 9.10. The van der Waals surface area contributed by atoms with Crippen LogP contribution in [-0.2, 0) is 0 Å². The molecule has 0 fully saturated rings. The maximum Gasteiger partial charge on any atom is 0.169 e. The number of rotatable bonds is 2. The molecule has 0 aliphatic rings. The Hall–Kier alpha value is -1.26. The van der Waals surface area contributed by atoms with Gasteiger partial charge in [-0.1, -0.05) is 18.2 Å². The first-order valence-corrected chi connectivity index (χ1v) is 5.25. The molecule has 4 heteroatoms. The van der Waals surface area contributed by atoms with Crippen molar-refractivity contribution in [3.8, 4) is 0 Å². The van der Waals surface area contributed by atoms with Crippen LogP contribution < -0.4 is 5.73 Å². The van der Waals surface area contributed by atoms with E-state index in [-0.39, 0.29) is 0 Å². The number of aliphatic hydroxyl groups is 1. The lowest BCUT2D eigenvalue weighted by molar-refractivity contribution is 0.188. The van der Waals surface area contributed by atoms with E-state index in [2.05, 4.69) is 15.9 Å². The summed E-state index contributed by atoms with van der Waals surface area (Å²) in [4.78, 5) is 0. The molecule has 2 rings (SSSR count). The van der Waals surface area contributed by atoms with Crippen LogP contribution in [0.15, 0.2) is 45.5 Å². The zero-order valence-corrected chi connectivity index (χ0v) is 9.44. The summed E-state index contributed by atoms with van der Waals surface area (Å²) in [7, 11) is 0. The summed E-state index contributed by atoms with van der Waals surface area (Å²) in [5.41, 5.74) is 6.96. The predicted octanol–water partition coefficient (Wildman–Crippen LogP) is 2.71. The molecule has 0 aliphatic heterocycles. The lowest BCUT2D eigenvalue weighted by Crippen LogP contribution is -2.02. The van der Waals surface area contributed by atoms with Gasteiger partial charge in [0.25, 0.3) is 0 Å². The van der Waals surface area contributed by atoms with Gasteiger partial charge in [-0.2, -0.15) is 0 Å². The lowest BCUT2D eigenvalue weighted by Gasteiger charge is -2.10. The van der Waals surface area contributed by atoms with E-state index in [9.17, 15) is 5.11 Å². The molecule has 1 aromatic carbocycles. The summed E-state index contributed by atoms with van der Waals surface area (Å²) in [6.45, 7) is 0. The second-order valence-electron chi connectivity index (χ2n) is 3.17. The van der Waals surface area contributed by atoms with Gasteiger partial charge in [0, 0.05) is 11.3 Å². The zero-order chi connectivity index (χ0) is 10.8. The van der Waals surface area contributed by atoms with Crippen molar-refractivity contribution in [2.45, 2.75) is 6.10 Å². The summed E-state index contributed by atoms with van der Waals surface area (Å²) in [6, 6.07) is 10.6. The standard InChI is InChI=1S/C11H10BrNO2/c12-10-6-5-9(15-10)11(14)7-3-1-2-4-8(7)13/h1-6,11,14H,13H2. The smallest absolute Gasteiger partial charge is 0.169 e. The van der Waals surface area contributed by atoms with E-state index in [0.717, 1.165) is 0 Å². The van der Waals surface area contributed by atoms with Gasteiger partial charge in [0.2, 0.25) is 0 Å². The van der Waals surface area contributed by atoms with E-state index in [0.29, 0.717) is 21.7 Å². The van der Waals surface area contributed by atoms with Crippen LogP contribution in [0.3, 0.4) is 0 Å². The molecule has 78 valence electrons.